The van der Waals surface area contributed by atoms with Crippen LogP contribution in [0.4, 0.5) is 5.13 Å². The summed E-state index contributed by atoms with van der Waals surface area (Å²) in [5.41, 5.74) is 3.07. The van der Waals surface area contributed by atoms with Crippen molar-refractivity contribution in [1.29, 1.82) is 0 Å². The van der Waals surface area contributed by atoms with Gasteiger partial charge in [-0.25, -0.2) is 0 Å². The van der Waals surface area contributed by atoms with Gasteiger partial charge < -0.3 is 4.74 Å². The number of aryl methyl sites for hydroxylation is 1. The van der Waals surface area contributed by atoms with Crippen LogP contribution in [0, 0.1) is 13.8 Å². The molecule has 3 aromatic rings. The Labute approximate surface area is 150 Å². The Hall–Kier alpha value is -2.73. The number of carbonyl (C=O) groups excluding carboxylic acids is 1. The molecule has 0 saturated heterocycles. The summed E-state index contributed by atoms with van der Waals surface area (Å²) >= 11 is 1.15. The Morgan fingerprint density at radius 2 is 1.88 bits per heavy atom. The fraction of sp³-hybridized carbons (Fsp3) is 0.211. The Morgan fingerprint density at radius 1 is 1.12 bits per heavy atom. The molecular weight excluding hydrogens is 334 g/mol. The van der Waals surface area contributed by atoms with E-state index < -0.39 is 6.10 Å². The molecule has 0 radical (unpaired) electrons. The number of hydrogen-bond donors (Lipinski definition) is 1. The molecule has 0 fully saturated rings. The first-order valence-corrected chi connectivity index (χ1v) is 8.75. The summed E-state index contributed by atoms with van der Waals surface area (Å²) in [6.07, 6.45) is -0.635. The highest BCUT2D eigenvalue weighted by atomic mass is 32.1. The lowest BCUT2D eigenvalue weighted by molar-refractivity contribution is -0.122. The number of ether oxygens (including phenoxy) is 1. The van der Waals surface area contributed by atoms with Crippen molar-refractivity contribution < 1.29 is 9.53 Å². The second-order valence-electron chi connectivity index (χ2n) is 5.74. The molecule has 0 spiro atoms. The maximum absolute atomic E-state index is 12.4. The molecule has 25 heavy (non-hydrogen) atoms. The van der Waals surface area contributed by atoms with E-state index in [-0.39, 0.29) is 5.91 Å². The van der Waals surface area contributed by atoms with Crippen molar-refractivity contribution in [3.8, 4) is 17.1 Å². The van der Waals surface area contributed by atoms with Crippen LogP contribution in [0.2, 0.25) is 0 Å². The third-order valence-electron chi connectivity index (χ3n) is 3.92. The molecular formula is C19H19N3O2S. The van der Waals surface area contributed by atoms with Gasteiger partial charge in [0.2, 0.25) is 5.13 Å². The molecule has 2 aromatic carbocycles. The molecule has 0 unspecified atom stereocenters. The van der Waals surface area contributed by atoms with E-state index in [0.29, 0.717) is 16.7 Å². The van der Waals surface area contributed by atoms with Gasteiger partial charge in [0.25, 0.3) is 5.91 Å². The lowest BCUT2D eigenvalue weighted by Crippen LogP contribution is -2.30. The van der Waals surface area contributed by atoms with E-state index in [0.717, 1.165) is 28.2 Å². The summed E-state index contributed by atoms with van der Waals surface area (Å²) in [5, 5.41) is 3.23. The minimum absolute atomic E-state index is 0.253. The predicted octanol–water partition coefficient (Wildman–Crippen LogP) is 4.23. The second-order valence-corrected chi connectivity index (χ2v) is 6.49. The zero-order chi connectivity index (χ0) is 17.8. The number of nitrogens with zero attached hydrogens (tertiary/aromatic N) is 2. The SMILES string of the molecule is Cc1cccc(O[C@@H](C)C(=O)Nc2nc(-c3ccccc3)ns2)c1C. The first-order chi connectivity index (χ1) is 12.0. The van der Waals surface area contributed by atoms with Gasteiger partial charge in [-0.1, -0.05) is 42.5 Å². The lowest BCUT2D eigenvalue weighted by Gasteiger charge is -2.16. The number of hydrogen-bond acceptors (Lipinski definition) is 5. The Morgan fingerprint density at radius 3 is 2.64 bits per heavy atom. The summed E-state index contributed by atoms with van der Waals surface area (Å²) in [6, 6.07) is 15.4. The maximum Gasteiger partial charge on any atom is 0.266 e. The zero-order valence-electron chi connectivity index (χ0n) is 14.3. The van der Waals surface area contributed by atoms with Gasteiger partial charge in [0.05, 0.1) is 0 Å². The maximum atomic E-state index is 12.4. The van der Waals surface area contributed by atoms with Crippen LogP contribution < -0.4 is 10.1 Å². The van der Waals surface area contributed by atoms with Crippen LogP contribution in [0.3, 0.4) is 0 Å². The third kappa shape index (κ3) is 4.03. The fourth-order valence-corrected chi connectivity index (χ4v) is 2.87. The van der Waals surface area contributed by atoms with E-state index in [4.69, 9.17) is 4.74 Å². The van der Waals surface area contributed by atoms with Crippen LogP contribution in [0.5, 0.6) is 5.75 Å². The first kappa shape index (κ1) is 17.1. The van der Waals surface area contributed by atoms with Crippen molar-refractivity contribution in [3.05, 3.63) is 59.7 Å². The van der Waals surface area contributed by atoms with Gasteiger partial charge in [0.1, 0.15) is 5.75 Å². The standard InChI is InChI=1S/C19H19N3O2S/c1-12-8-7-11-16(13(12)2)24-14(3)18(23)21-19-20-17(22-25-19)15-9-5-4-6-10-15/h4-11,14H,1-3H3,(H,20,21,22,23)/t14-/m0/s1. The molecule has 3 rings (SSSR count). The highest BCUT2D eigenvalue weighted by molar-refractivity contribution is 7.10. The van der Waals surface area contributed by atoms with Crippen LogP contribution >= 0.6 is 11.5 Å². The number of carbonyl (C=O) groups is 1. The summed E-state index contributed by atoms with van der Waals surface area (Å²) < 4.78 is 10.1. The number of anilines is 1. The summed E-state index contributed by atoms with van der Waals surface area (Å²) in [6.45, 7) is 5.71. The number of nitrogens with one attached hydrogen (secondary N) is 1. The highest BCUT2D eigenvalue weighted by Gasteiger charge is 2.18. The molecule has 0 aliphatic rings. The zero-order valence-corrected chi connectivity index (χ0v) is 15.1. The van der Waals surface area contributed by atoms with Gasteiger partial charge >= 0.3 is 0 Å². The third-order valence-corrected chi connectivity index (χ3v) is 4.55. The molecule has 0 bridgehead atoms. The van der Waals surface area contributed by atoms with Crippen LogP contribution in [0.25, 0.3) is 11.4 Å². The van der Waals surface area contributed by atoms with E-state index in [9.17, 15) is 4.79 Å². The lowest BCUT2D eigenvalue weighted by atomic mass is 10.1. The van der Waals surface area contributed by atoms with Gasteiger partial charge in [0.15, 0.2) is 11.9 Å². The van der Waals surface area contributed by atoms with Crippen LogP contribution in [0.1, 0.15) is 18.1 Å². The van der Waals surface area contributed by atoms with Gasteiger partial charge in [-0.05, 0) is 38.0 Å². The van der Waals surface area contributed by atoms with Gasteiger partial charge in [0, 0.05) is 17.1 Å². The average Bonchev–Trinajstić information content (AvgIpc) is 3.08. The van der Waals surface area contributed by atoms with Gasteiger partial charge in [-0.2, -0.15) is 9.36 Å². The van der Waals surface area contributed by atoms with Crippen LogP contribution in [-0.4, -0.2) is 21.4 Å². The first-order valence-electron chi connectivity index (χ1n) is 7.97. The van der Waals surface area contributed by atoms with E-state index in [1.54, 1.807) is 6.92 Å². The average molecular weight is 353 g/mol. The normalized spacial score (nSPS) is 11.8. The number of amides is 1. The Kier molecular flexibility index (Phi) is 5.09. The molecule has 128 valence electrons. The minimum Gasteiger partial charge on any atom is -0.481 e. The Bertz CT molecular complexity index is 877. The molecule has 1 aromatic heterocycles. The predicted molar refractivity (Wildman–Crippen MR) is 100.0 cm³/mol. The Balaban J connectivity index is 1.66. The topological polar surface area (TPSA) is 64.1 Å². The molecule has 5 nitrogen and oxygen atoms in total. The van der Waals surface area contributed by atoms with Crippen molar-refractivity contribution in [2.75, 3.05) is 5.32 Å². The molecule has 6 heteroatoms. The molecule has 1 heterocycles. The minimum atomic E-state index is -0.635. The molecule has 1 N–H and O–H groups in total. The highest BCUT2D eigenvalue weighted by Crippen LogP contribution is 2.23. The van der Waals surface area contributed by atoms with Gasteiger partial charge in [-0.3, -0.25) is 10.1 Å². The fourth-order valence-electron chi connectivity index (χ4n) is 2.28. The largest absolute Gasteiger partial charge is 0.481 e. The summed E-state index contributed by atoms with van der Waals surface area (Å²) in [5.74, 6) is 1.06. The van der Waals surface area contributed by atoms with Crippen molar-refractivity contribution in [2.24, 2.45) is 0 Å². The second kappa shape index (κ2) is 7.44. The molecule has 1 atom stereocenters. The smallest absolute Gasteiger partial charge is 0.266 e. The van der Waals surface area contributed by atoms with E-state index in [2.05, 4.69) is 14.7 Å². The number of rotatable bonds is 5. The number of benzene rings is 2. The summed E-state index contributed by atoms with van der Waals surface area (Å²) in [7, 11) is 0. The van der Waals surface area contributed by atoms with Crippen molar-refractivity contribution in [3.63, 3.8) is 0 Å². The van der Waals surface area contributed by atoms with Gasteiger partial charge in [-0.15, -0.1) is 0 Å². The molecule has 0 aliphatic carbocycles. The quantitative estimate of drug-likeness (QED) is 0.745. The number of aromatic nitrogens is 2. The monoisotopic (exact) mass is 353 g/mol. The van der Waals surface area contributed by atoms with Crippen molar-refractivity contribution >= 4 is 22.6 Å². The van der Waals surface area contributed by atoms with Crippen LogP contribution in [0.15, 0.2) is 48.5 Å². The molecule has 1 amide bonds. The molecule has 0 aliphatic heterocycles. The molecule has 0 saturated carbocycles. The van der Waals surface area contributed by atoms with E-state index in [1.807, 2.05) is 62.4 Å². The van der Waals surface area contributed by atoms with Crippen molar-refractivity contribution in [1.82, 2.24) is 9.36 Å². The van der Waals surface area contributed by atoms with Crippen LogP contribution in [-0.2, 0) is 4.79 Å². The summed E-state index contributed by atoms with van der Waals surface area (Å²) in [4.78, 5) is 16.7. The van der Waals surface area contributed by atoms with Crippen molar-refractivity contribution in [2.45, 2.75) is 26.9 Å². The van der Waals surface area contributed by atoms with E-state index in [1.165, 1.54) is 0 Å². The van der Waals surface area contributed by atoms with E-state index >= 15 is 0 Å².